The molecule has 4 aromatic carbocycles. The van der Waals surface area contributed by atoms with Gasteiger partial charge in [-0.25, -0.2) is 17.6 Å². The van der Waals surface area contributed by atoms with Gasteiger partial charge in [0.05, 0.1) is 11.1 Å². The Labute approximate surface area is 392 Å². The van der Waals surface area contributed by atoms with Gasteiger partial charge < -0.3 is 29.9 Å². The molecule has 0 fully saturated rings. The molecule has 14 heteroatoms. The zero-order chi connectivity index (χ0) is 49.0. The van der Waals surface area contributed by atoms with E-state index in [-0.39, 0.29) is 23.5 Å². The van der Waals surface area contributed by atoms with Crippen LogP contribution in [0.5, 0.6) is 0 Å². The number of rotatable bonds is 15. The molecule has 0 saturated heterocycles. The summed E-state index contributed by atoms with van der Waals surface area (Å²) in [7, 11) is 8.07. The third-order valence-electron chi connectivity index (χ3n) is 11.3. The number of ether oxygens (including phenoxy) is 1. The van der Waals surface area contributed by atoms with E-state index < -0.39 is 51.3 Å². The lowest BCUT2D eigenvalue weighted by Crippen LogP contribution is -2.53. The molecule has 2 aliphatic rings. The highest BCUT2D eigenvalue weighted by atomic mass is 35.5. The molecule has 356 valence electrons. The molecule has 0 aliphatic carbocycles. The first-order valence-corrected chi connectivity index (χ1v) is 22.2. The molecule has 0 bridgehead atoms. The molecule has 1 amide bonds. The van der Waals surface area contributed by atoms with E-state index in [4.69, 9.17) is 11.6 Å². The standard InChI is InChI=1S/C25H30F2N2O2.C21H24F2N2.C6H9ClO3/c1-24(2,31)23(30)29-17-18(21-15-20(26)11-12-22(21)27)16-25(29,13-8-14-28(3)4)19-9-6-5-7-10-19;1-25(2)12-6-11-21(17-7-4-3-5-8-17)14-16(15-24-21)19-13-18(22)9-10-20(19)23;1-4(8)10-6(2,3)5(7)9/h5-7,9-12,15-16,31H,8,13-14,17H2,1-4H3;3-5,7-10,13-14,24H,6,11-12,15H2,1-2H3;1-3H3. The Morgan fingerprint density at radius 1 is 0.727 bits per heavy atom. The zero-order valence-electron chi connectivity index (χ0n) is 39.4. The first kappa shape index (κ1) is 53.4. The number of nitrogens with zero attached hydrogens (tertiary/aromatic N) is 3. The van der Waals surface area contributed by atoms with Crippen molar-refractivity contribution in [1.29, 1.82) is 0 Å². The van der Waals surface area contributed by atoms with Crippen LogP contribution in [0, 0.1) is 23.3 Å². The van der Waals surface area contributed by atoms with Gasteiger partial charge in [-0.2, -0.15) is 0 Å². The van der Waals surface area contributed by atoms with Crippen molar-refractivity contribution in [3.63, 3.8) is 0 Å². The minimum atomic E-state index is -1.61. The highest BCUT2D eigenvalue weighted by molar-refractivity contribution is 6.65. The van der Waals surface area contributed by atoms with Crippen LogP contribution in [0.15, 0.2) is 109 Å². The molecular formula is C52H63ClF4N4O5. The molecular weight excluding hydrogens is 872 g/mol. The Balaban J connectivity index is 0.000000243. The predicted molar refractivity (Wildman–Crippen MR) is 253 cm³/mol. The lowest BCUT2D eigenvalue weighted by Gasteiger charge is -2.41. The average Bonchev–Trinajstić information content (AvgIpc) is 3.86. The Kier molecular flexibility index (Phi) is 18.6. The number of hydrogen-bond donors (Lipinski definition) is 2. The molecule has 4 aromatic rings. The van der Waals surface area contributed by atoms with E-state index in [9.17, 15) is 37.1 Å². The molecule has 9 nitrogen and oxygen atoms in total. The van der Waals surface area contributed by atoms with E-state index in [0.29, 0.717) is 24.1 Å². The second-order valence-corrected chi connectivity index (χ2v) is 18.6. The van der Waals surface area contributed by atoms with Gasteiger partial charge in [-0.3, -0.25) is 14.4 Å². The number of hydrogen-bond acceptors (Lipinski definition) is 8. The number of nitrogens with one attached hydrogen (secondary N) is 1. The van der Waals surface area contributed by atoms with Crippen LogP contribution in [0.4, 0.5) is 17.6 Å². The molecule has 2 unspecified atom stereocenters. The number of benzene rings is 4. The number of amides is 1. The minimum absolute atomic E-state index is 0.0834. The summed E-state index contributed by atoms with van der Waals surface area (Å²) in [5, 5.41) is 13.4. The van der Waals surface area contributed by atoms with Crippen LogP contribution in [0.3, 0.4) is 0 Å². The Morgan fingerprint density at radius 2 is 1.21 bits per heavy atom. The Bertz CT molecular complexity index is 2350. The quantitative estimate of drug-likeness (QED) is 0.0691. The van der Waals surface area contributed by atoms with Crippen LogP contribution < -0.4 is 5.32 Å². The first-order valence-electron chi connectivity index (χ1n) is 21.8. The summed E-state index contributed by atoms with van der Waals surface area (Å²) in [5.41, 5.74) is -0.170. The molecule has 2 atom stereocenters. The van der Waals surface area contributed by atoms with E-state index in [1.807, 2.05) is 68.7 Å². The molecule has 2 heterocycles. The molecule has 66 heavy (non-hydrogen) atoms. The molecule has 2 N–H and O–H groups in total. The van der Waals surface area contributed by atoms with Crippen LogP contribution in [-0.4, -0.2) is 102 Å². The number of carbonyl (C=O) groups excluding carboxylic acids is 3. The molecule has 0 spiro atoms. The van der Waals surface area contributed by atoms with Crippen molar-refractivity contribution in [3.05, 3.63) is 155 Å². The largest absolute Gasteiger partial charge is 0.450 e. The van der Waals surface area contributed by atoms with Crippen LogP contribution in [0.25, 0.3) is 11.1 Å². The fraction of sp³-hybridized carbons (Fsp3) is 0.404. The van der Waals surface area contributed by atoms with Crippen molar-refractivity contribution in [2.24, 2.45) is 0 Å². The highest BCUT2D eigenvalue weighted by Gasteiger charge is 2.48. The fourth-order valence-electron chi connectivity index (χ4n) is 8.06. The van der Waals surface area contributed by atoms with Gasteiger partial charge in [0.25, 0.3) is 11.1 Å². The van der Waals surface area contributed by atoms with E-state index in [0.717, 1.165) is 73.3 Å². The second-order valence-electron chi connectivity index (χ2n) is 18.2. The van der Waals surface area contributed by atoms with Gasteiger partial charge >= 0.3 is 5.97 Å². The molecule has 0 saturated carbocycles. The third kappa shape index (κ3) is 14.2. The summed E-state index contributed by atoms with van der Waals surface area (Å²) in [6.07, 6.45) is 7.21. The lowest BCUT2D eigenvalue weighted by molar-refractivity contribution is -0.158. The van der Waals surface area contributed by atoms with Crippen molar-refractivity contribution < 1.29 is 41.8 Å². The topological polar surface area (TPSA) is 102 Å². The smallest absolute Gasteiger partial charge is 0.303 e. The van der Waals surface area contributed by atoms with Crippen LogP contribution in [0.1, 0.15) is 82.6 Å². The van der Waals surface area contributed by atoms with Gasteiger partial charge in [0, 0.05) is 31.1 Å². The van der Waals surface area contributed by atoms with E-state index in [2.05, 4.69) is 52.2 Å². The van der Waals surface area contributed by atoms with Crippen LogP contribution >= 0.6 is 11.6 Å². The van der Waals surface area contributed by atoms with Gasteiger partial charge in [0.2, 0.25) is 0 Å². The summed E-state index contributed by atoms with van der Waals surface area (Å²) in [5.74, 6) is -2.85. The van der Waals surface area contributed by atoms with Gasteiger partial charge in [0.1, 0.15) is 28.9 Å². The molecule has 2 aliphatic heterocycles. The third-order valence-corrected chi connectivity index (χ3v) is 11.8. The van der Waals surface area contributed by atoms with Gasteiger partial charge in [-0.05, 0) is 171 Å². The maximum Gasteiger partial charge on any atom is 0.303 e. The molecule has 6 rings (SSSR count). The normalized spacial score (nSPS) is 18.2. The lowest BCUT2D eigenvalue weighted by atomic mass is 9.83. The van der Waals surface area contributed by atoms with Crippen molar-refractivity contribution in [3.8, 4) is 0 Å². The number of aliphatic hydroxyl groups is 1. The fourth-order valence-corrected chi connectivity index (χ4v) is 8.10. The van der Waals surface area contributed by atoms with Crippen molar-refractivity contribution in [1.82, 2.24) is 20.0 Å². The maximum absolute atomic E-state index is 14.6. The van der Waals surface area contributed by atoms with Crippen LogP contribution in [-0.2, 0) is 30.2 Å². The van der Waals surface area contributed by atoms with Gasteiger partial charge in [-0.15, -0.1) is 0 Å². The molecule has 0 radical (unpaired) electrons. The Hall–Kier alpha value is -5.18. The number of halogens is 5. The summed E-state index contributed by atoms with van der Waals surface area (Å²) < 4.78 is 60.9. The van der Waals surface area contributed by atoms with E-state index >= 15 is 0 Å². The first-order chi connectivity index (χ1) is 30.9. The van der Waals surface area contributed by atoms with E-state index in [1.165, 1.54) is 46.8 Å². The number of esters is 1. The average molecular weight is 936 g/mol. The number of carbonyl (C=O) groups is 3. The monoisotopic (exact) mass is 934 g/mol. The van der Waals surface area contributed by atoms with Gasteiger partial charge in [-0.1, -0.05) is 66.7 Å². The minimum Gasteiger partial charge on any atom is -0.450 e. The summed E-state index contributed by atoms with van der Waals surface area (Å²) in [6.45, 7) is 9.38. The highest BCUT2D eigenvalue weighted by Crippen LogP contribution is 2.45. The second kappa shape index (κ2) is 23.0. The Morgan fingerprint density at radius 3 is 1.67 bits per heavy atom. The summed E-state index contributed by atoms with van der Waals surface area (Å²) in [4.78, 5) is 40.0. The maximum atomic E-state index is 14.6. The van der Waals surface area contributed by atoms with Crippen LogP contribution in [0.2, 0.25) is 0 Å². The summed E-state index contributed by atoms with van der Waals surface area (Å²) in [6, 6.07) is 26.7. The molecule has 0 aromatic heterocycles. The van der Waals surface area contributed by atoms with E-state index in [1.54, 1.807) is 4.90 Å². The zero-order valence-corrected chi connectivity index (χ0v) is 40.1. The summed E-state index contributed by atoms with van der Waals surface area (Å²) >= 11 is 5.10. The van der Waals surface area contributed by atoms with Crippen molar-refractivity contribution in [2.75, 3.05) is 54.4 Å². The van der Waals surface area contributed by atoms with Gasteiger partial charge in [0.15, 0.2) is 5.60 Å². The SMILES string of the molecule is CC(=O)OC(C)(C)C(=O)Cl.CN(C)CCCC1(c2ccccc2)C=C(c2cc(F)ccc2F)CN1.CN(C)CCCC1(c2ccccc2)C=C(c2cc(F)ccc2F)CN1C(=O)C(C)(C)O. The van der Waals surface area contributed by atoms with Crippen molar-refractivity contribution in [2.45, 2.75) is 82.6 Å². The predicted octanol–water partition coefficient (Wildman–Crippen LogP) is 9.48. The van der Waals surface area contributed by atoms with Crippen molar-refractivity contribution >= 4 is 39.9 Å².